The first kappa shape index (κ1) is 21.3. The van der Waals surface area contributed by atoms with Gasteiger partial charge in [0.15, 0.2) is 5.11 Å². The van der Waals surface area contributed by atoms with Crippen LogP contribution in [0.1, 0.15) is 51.4 Å². The standard InChI is InChI=1S/C15H26N4S3/c16-13-22-12-8-4-3-7-11-19-15(21)18-10-6-2-1-5-9-17-14-20/h1-12H2,(H2,18,19,21). The molecule has 0 amide bonds. The van der Waals surface area contributed by atoms with Crippen molar-refractivity contribution in [3.05, 3.63) is 0 Å². The second-order valence-corrected chi connectivity index (χ2v) is 6.39. The maximum Gasteiger partial charge on any atom is 0.166 e. The lowest BCUT2D eigenvalue weighted by Crippen LogP contribution is -2.36. The van der Waals surface area contributed by atoms with Gasteiger partial charge in [-0.2, -0.15) is 5.26 Å². The summed E-state index contributed by atoms with van der Waals surface area (Å²) in [6.45, 7) is 2.65. The van der Waals surface area contributed by atoms with Gasteiger partial charge in [-0.3, -0.25) is 0 Å². The molecule has 2 N–H and O–H groups in total. The van der Waals surface area contributed by atoms with E-state index in [-0.39, 0.29) is 0 Å². The van der Waals surface area contributed by atoms with E-state index in [0.717, 1.165) is 56.2 Å². The van der Waals surface area contributed by atoms with Gasteiger partial charge in [0.2, 0.25) is 0 Å². The van der Waals surface area contributed by atoms with Crippen molar-refractivity contribution in [2.24, 2.45) is 4.99 Å². The summed E-state index contributed by atoms with van der Waals surface area (Å²) in [5.41, 5.74) is 0. The van der Waals surface area contributed by atoms with E-state index in [1.165, 1.54) is 37.4 Å². The Balaban J connectivity index is 3.19. The molecule has 0 aliphatic carbocycles. The number of thiocyanates is 1. The van der Waals surface area contributed by atoms with Crippen LogP contribution in [0.5, 0.6) is 0 Å². The Morgan fingerprint density at radius 1 is 0.955 bits per heavy atom. The van der Waals surface area contributed by atoms with Crippen molar-refractivity contribution in [1.29, 1.82) is 5.26 Å². The summed E-state index contributed by atoms with van der Waals surface area (Å²) in [4.78, 5) is 3.89. The molecular weight excluding hydrogens is 332 g/mol. The highest BCUT2D eigenvalue weighted by atomic mass is 32.2. The normalized spacial score (nSPS) is 9.59. The van der Waals surface area contributed by atoms with Crippen LogP contribution < -0.4 is 10.6 Å². The zero-order valence-electron chi connectivity index (χ0n) is 13.1. The predicted octanol–water partition coefficient (Wildman–Crippen LogP) is 3.89. The minimum Gasteiger partial charge on any atom is -0.363 e. The van der Waals surface area contributed by atoms with Gasteiger partial charge < -0.3 is 10.6 Å². The lowest BCUT2D eigenvalue weighted by atomic mass is 10.2. The van der Waals surface area contributed by atoms with Crippen LogP contribution in [0.2, 0.25) is 0 Å². The van der Waals surface area contributed by atoms with Gasteiger partial charge in [-0.05, 0) is 61.9 Å². The summed E-state index contributed by atoms with van der Waals surface area (Å²) in [5, 5.41) is 20.1. The molecule has 0 aliphatic heterocycles. The van der Waals surface area contributed by atoms with Gasteiger partial charge in [0.05, 0.1) is 5.16 Å². The molecule has 124 valence electrons. The maximum absolute atomic E-state index is 8.39. The van der Waals surface area contributed by atoms with Gasteiger partial charge in [-0.15, -0.1) is 0 Å². The topological polar surface area (TPSA) is 60.2 Å². The fraction of sp³-hybridized carbons (Fsp3) is 0.800. The third-order valence-corrected chi connectivity index (χ3v) is 4.11. The number of hydrogen-bond donors (Lipinski definition) is 2. The van der Waals surface area contributed by atoms with E-state index in [1.807, 2.05) is 0 Å². The molecule has 0 radical (unpaired) electrons. The van der Waals surface area contributed by atoms with Gasteiger partial charge in [0, 0.05) is 25.4 Å². The van der Waals surface area contributed by atoms with Gasteiger partial charge in [0.25, 0.3) is 0 Å². The molecule has 0 spiro atoms. The van der Waals surface area contributed by atoms with Gasteiger partial charge in [0.1, 0.15) is 5.40 Å². The van der Waals surface area contributed by atoms with Crippen molar-refractivity contribution >= 4 is 46.5 Å². The van der Waals surface area contributed by atoms with Crippen molar-refractivity contribution in [1.82, 2.24) is 10.6 Å². The smallest absolute Gasteiger partial charge is 0.166 e. The van der Waals surface area contributed by atoms with Crippen molar-refractivity contribution in [3.8, 4) is 5.40 Å². The number of nitrogens with zero attached hydrogens (tertiary/aromatic N) is 2. The molecule has 7 heteroatoms. The number of thioether (sulfide) groups is 1. The summed E-state index contributed by atoms with van der Waals surface area (Å²) in [5.74, 6) is 0.946. The van der Waals surface area contributed by atoms with E-state index in [9.17, 15) is 0 Å². The van der Waals surface area contributed by atoms with E-state index in [1.54, 1.807) is 0 Å². The molecule has 0 rings (SSSR count). The SMILES string of the molecule is N#CSCCCCCCNC(=S)NCCCCCCN=C=S. The van der Waals surface area contributed by atoms with Crippen LogP contribution in [-0.4, -0.2) is 35.7 Å². The maximum atomic E-state index is 8.39. The highest BCUT2D eigenvalue weighted by Crippen LogP contribution is 2.05. The first-order valence-corrected chi connectivity index (χ1v) is 9.67. The summed E-state index contributed by atoms with van der Waals surface area (Å²) in [6, 6.07) is 0. The fourth-order valence-corrected chi connectivity index (χ4v) is 2.61. The molecule has 0 atom stereocenters. The van der Waals surface area contributed by atoms with Gasteiger partial charge >= 0.3 is 0 Å². The van der Waals surface area contributed by atoms with Gasteiger partial charge in [-0.1, -0.05) is 25.7 Å². The van der Waals surface area contributed by atoms with Crippen LogP contribution in [0.15, 0.2) is 4.99 Å². The second-order valence-electron chi connectivity index (χ2n) is 4.92. The summed E-state index contributed by atoms with van der Waals surface area (Å²) in [7, 11) is 0. The summed E-state index contributed by atoms with van der Waals surface area (Å²) >= 11 is 11.1. The molecule has 0 heterocycles. The van der Waals surface area contributed by atoms with E-state index in [4.69, 9.17) is 17.5 Å². The molecular formula is C15H26N4S3. The van der Waals surface area contributed by atoms with Gasteiger partial charge in [-0.25, -0.2) is 4.99 Å². The number of nitriles is 1. The number of thiocarbonyl (C=S) groups is 2. The average Bonchev–Trinajstić information content (AvgIpc) is 2.52. The molecule has 0 bridgehead atoms. The number of rotatable bonds is 14. The van der Waals surface area contributed by atoms with Crippen LogP contribution in [0.4, 0.5) is 0 Å². The Morgan fingerprint density at radius 2 is 1.55 bits per heavy atom. The van der Waals surface area contributed by atoms with Crippen LogP contribution >= 0.6 is 36.2 Å². The molecule has 0 aliphatic rings. The number of nitrogens with one attached hydrogen (secondary N) is 2. The Bertz CT molecular complexity index is 362. The van der Waals surface area contributed by atoms with E-state index >= 15 is 0 Å². The first-order valence-electron chi connectivity index (χ1n) is 7.87. The monoisotopic (exact) mass is 358 g/mol. The Hall–Kier alpha value is -0.670. The van der Waals surface area contributed by atoms with Crippen LogP contribution in [0.25, 0.3) is 0 Å². The van der Waals surface area contributed by atoms with Crippen LogP contribution in [-0.2, 0) is 0 Å². The second kappa shape index (κ2) is 18.4. The van der Waals surface area contributed by atoms with E-state index < -0.39 is 0 Å². The highest BCUT2D eigenvalue weighted by Gasteiger charge is 1.96. The molecule has 0 fully saturated rings. The molecule has 0 aromatic heterocycles. The molecule has 0 saturated carbocycles. The number of hydrogen-bond acceptors (Lipinski definition) is 5. The predicted molar refractivity (Wildman–Crippen MR) is 104 cm³/mol. The van der Waals surface area contributed by atoms with E-state index in [2.05, 4.69) is 38.4 Å². The Labute approximate surface area is 149 Å². The third kappa shape index (κ3) is 17.4. The average molecular weight is 359 g/mol. The van der Waals surface area contributed by atoms with Crippen LogP contribution in [0.3, 0.4) is 0 Å². The third-order valence-electron chi connectivity index (χ3n) is 3.07. The number of isothiocyanates is 1. The van der Waals surface area contributed by atoms with Crippen molar-refractivity contribution in [2.45, 2.75) is 51.4 Å². The zero-order chi connectivity index (χ0) is 16.3. The summed E-state index contributed by atoms with van der Waals surface area (Å²) < 4.78 is 0. The minimum atomic E-state index is 0.755. The highest BCUT2D eigenvalue weighted by molar-refractivity contribution is 8.03. The largest absolute Gasteiger partial charge is 0.363 e. The lowest BCUT2D eigenvalue weighted by molar-refractivity contribution is 0.628. The lowest BCUT2D eigenvalue weighted by Gasteiger charge is -2.10. The Morgan fingerprint density at radius 3 is 2.14 bits per heavy atom. The zero-order valence-corrected chi connectivity index (χ0v) is 15.6. The number of unbranched alkanes of at least 4 members (excludes halogenated alkanes) is 6. The van der Waals surface area contributed by atoms with Crippen LogP contribution in [0, 0.1) is 10.7 Å². The molecule has 22 heavy (non-hydrogen) atoms. The Kier molecular flexibility index (Phi) is 17.8. The quantitative estimate of drug-likeness (QED) is 0.213. The molecule has 4 nitrogen and oxygen atoms in total. The van der Waals surface area contributed by atoms with E-state index in [0.29, 0.717) is 0 Å². The summed E-state index contributed by atoms with van der Waals surface area (Å²) in [6.07, 6.45) is 9.18. The van der Waals surface area contributed by atoms with Crippen molar-refractivity contribution in [3.63, 3.8) is 0 Å². The minimum absolute atomic E-state index is 0.755. The fourth-order valence-electron chi connectivity index (χ4n) is 1.88. The van der Waals surface area contributed by atoms with Crippen molar-refractivity contribution < 1.29 is 0 Å². The van der Waals surface area contributed by atoms with Crippen molar-refractivity contribution in [2.75, 3.05) is 25.4 Å². The number of aliphatic imine (C=N–C) groups is 1. The molecule has 0 saturated heterocycles. The molecule has 0 aromatic carbocycles. The molecule has 0 aromatic rings. The first-order chi connectivity index (χ1) is 10.8. The molecule has 0 unspecified atom stereocenters.